The third-order valence-corrected chi connectivity index (χ3v) is 2.14. The fraction of sp³-hybridized carbons (Fsp3) is 0.667. The van der Waals surface area contributed by atoms with E-state index in [1.807, 2.05) is 13.8 Å². The number of rotatable bonds is 3. The Morgan fingerprint density at radius 1 is 1.64 bits per heavy atom. The highest BCUT2D eigenvalue weighted by Crippen LogP contribution is 2.07. The van der Waals surface area contributed by atoms with E-state index in [2.05, 4.69) is 28.1 Å². The zero-order valence-electron chi connectivity index (χ0n) is 6.53. The van der Waals surface area contributed by atoms with Gasteiger partial charge < -0.3 is 0 Å². The van der Waals surface area contributed by atoms with Crippen molar-refractivity contribution < 1.29 is 0 Å². The fourth-order valence-corrected chi connectivity index (χ4v) is 1.40. The van der Waals surface area contributed by atoms with Crippen molar-refractivity contribution >= 4 is 24.0 Å². The lowest BCUT2D eigenvalue weighted by molar-refractivity contribution is 0.682. The molecule has 0 spiro atoms. The summed E-state index contributed by atoms with van der Waals surface area (Å²) < 4.78 is 0. The van der Waals surface area contributed by atoms with Crippen LogP contribution < -0.4 is 5.32 Å². The van der Waals surface area contributed by atoms with Gasteiger partial charge in [-0.1, -0.05) is 0 Å². The molecule has 0 aromatic carbocycles. The van der Waals surface area contributed by atoms with E-state index >= 15 is 0 Å². The molecular formula is C6H11N3S2. The zero-order chi connectivity index (χ0) is 8.27. The van der Waals surface area contributed by atoms with E-state index < -0.39 is 0 Å². The predicted molar refractivity (Wildman–Crippen MR) is 49.9 cm³/mol. The standard InChI is InChI=1S/C6H11N3S2/c1-4(10)7-3-6-9-8-5(2)11-6/h4,7,10H,3H2,1-2H3. The second-order valence-electron chi connectivity index (χ2n) is 2.27. The van der Waals surface area contributed by atoms with E-state index in [1.165, 1.54) is 0 Å². The van der Waals surface area contributed by atoms with Crippen LogP contribution in [0.25, 0.3) is 0 Å². The van der Waals surface area contributed by atoms with E-state index in [1.54, 1.807) is 11.3 Å². The predicted octanol–water partition coefficient (Wildman–Crippen LogP) is 1.21. The van der Waals surface area contributed by atoms with Gasteiger partial charge in [-0.3, -0.25) is 5.32 Å². The van der Waals surface area contributed by atoms with Crippen molar-refractivity contribution in [3.05, 3.63) is 10.0 Å². The summed E-state index contributed by atoms with van der Waals surface area (Å²) in [5.74, 6) is 0. The van der Waals surface area contributed by atoms with Crippen LogP contribution in [0.3, 0.4) is 0 Å². The minimum atomic E-state index is 0.208. The highest BCUT2D eigenvalue weighted by atomic mass is 32.1. The molecule has 0 saturated heterocycles. The molecule has 1 unspecified atom stereocenters. The van der Waals surface area contributed by atoms with E-state index in [9.17, 15) is 0 Å². The Morgan fingerprint density at radius 3 is 2.82 bits per heavy atom. The molecule has 11 heavy (non-hydrogen) atoms. The van der Waals surface area contributed by atoms with Gasteiger partial charge in [0.05, 0.1) is 6.54 Å². The quantitative estimate of drug-likeness (QED) is 0.554. The number of hydrogen-bond donors (Lipinski definition) is 2. The second-order valence-corrected chi connectivity index (χ2v) is 4.31. The van der Waals surface area contributed by atoms with Crippen molar-refractivity contribution in [2.45, 2.75) is 25.8 Å². The Hall–Kier alpha value is -0.130. The average molecular weight is 189 g/mol. The SMILES string of the molecule is Cc1nnc(CNC(C)S)s1. The summed E-state index contributed by atoms with van der Waals surface area (Å²) in [4.78, 5) is 0. The third-order valence-electron chi connectivity index (χ3n) is 1.12. The minimum Gasteiger partial charge on any atom is -0.299 e. The van der Waals surface area contributed by atoms with Gasteiger partial charge in [0.1, 0.15) is 10.0 Å². The number of thiol groups is 1. The molecule has 3 nitrogen and oxygen atoms in total. The summed E-state index contributed by atoms with van der Waals surface area (Å²) in [6.07, 6.45) is 0. The van der Waals surface area contributed by atoms with Crippen molar-refractivity contribution in [3.63, 3.8) is 0 Å². The van der Waals surface area contributed by atoms with Crippen LogP contribution in [0.2, 0.25) is 0 Å². The molecule has 62 valence electrons. The maximum atomic E-state index is 4.18. The highest BCUT2D eigenvalue weighted by Gasteiger charge is 2.00. The average Bonchev–Trinajstić information content (AvgIpc) is 2.31. The van der Waals surface area contributed by atoms with Gasteiger partial charge in [-0.05, 0) is 13.8 Å². The smallest absolute Gasteiger partial charge is 0.131 e. The molecule has 0 aliphatic heterocycles. The molecule has 1 aromatic rings. The maximum Gasteiger partial charge on any atom is 0.131 e. The first-order chi connectivity index (χ1) is 5.18. The molecule has 1 N–H and O–H groups in total. The summed E-state index contributed by atoms with van der Waals surface area (Å²) >= 11 is 5.79. The summed E-state index contributed by atoms with van der Waals surface area (Å²) in [5, 5.41) is 13.2. The molecular weight excluding hydrogens is 178 g/mol. The fourth-order valence-electron chi connectivity index (χ4n) is 0.644. The number of aryl methyl sites for hydroxylation is 1. The van der Waals surface area contributed by atoms with Crippen molar-refractivity contribution in [2.75, 3.05) is 0 Å². The van der Waals surface area contributed by atoms with Crippen molar-refractivity contribution in [3.8, 4) is 0 Å². The van der Waals surface area contributed by atoms with Gasteiger partial charge in [-0.15, -0.1) is 21.5 Å². The first kappa shape index (κ1) is 8.96. The molecule has 0 radical (unpaired) electrons. The van der Waals surface area contributed by atoms with Gasteiger partial charge in [0.15, 0.2) is 0 Å². The van der Waals surface area contributed by atoms with Gasteiger partial charge in [0.2, 0.25) is 0 Å². The lowest BCUT2D eigenvalue weighted by Crippen LogP contribution is -2.19. The Balaban J connectivity index is 2.39. The topological polar surface area (TPSA) is 37.8 Å². The summed E-state index contributed by atoms with van der Waals surface area (Å²) in [7, 11) is 0. The Bertz CT molecular complexity index is 221. The third kappa shape index (κ3) is 3.18. The van der Waals surface area contributed by atoms with Crippen LogP contribution in [0.15, 0.2) is 0 Å². The van der Waals surface area contributed by atoms with Gasteiger partial charge in [-0.2, -0.15) is 12.6 Å². The first-order valence-electron chi connectivity index (χ1n) is 3.39. The van der Waals surface area contributed by atoms with E-state index in [0.717, 1.165) is 16.6 Å². The van der Waals surface area contributed by atoms with Crippen molar-refractivity contribution in [1.82, 2.24) is 15.5 Å². The highest BCUT2D eigenvalue weighted by molar-refractivity contribution is 7.80. The van der Waals surface area contributed by atoms with E-state index in [4.69, 9.17) is 0 Å². The molecule has 0 aliphatic rings. The first-order valence-corrected chi connectivity index (χ1v) is 4.72. The number of nitrogens with one attached hydrogen (secondary N) is 1. The lowest BCUT2D eigenvalue weighted by atomic mass is 10.6. The molecule has 1 atom stereocenters. The lowest BCUT2D eigenvalue weighted by Gasteiger charge is -2.02. The zero-order valence-corrected chi connectivity index (χ0v) is 8.25. The normalized spacial score (nSPS) is 13.4. The molecule has 0 aliphatic carbocycles. The van der Waals surface area contributed by atoms with Crippen LogP contribution in [-0.2, 0) is 6.54 Å². The van der Waals surface area contributed by atoms with Crippen LogP contribution >= 0.6 is 24.0 Å². The van der Waals surface area contributed by atoms with Crippen molar-refractivity contribution in [1.29, 1.82) is 0 Å². The molecule has 0 bridgehead atoms. The van der Waals surface area contributed by atoms with E-state index in [-0.39, 0.29) is 5.37 Å². The van der Waals surface area contributed by atoms with Crippen LogP contribution in [-0.4, -0.2) is 15.6 Å². The van der Waals surface area contributed by atoms with Gasteiger partial charge >= 0.3 is 0 Å². The molecule has 1 heterocycles. The van der Waals surface area contributed by atoms with Crippen LogP contribution in [0, 0.1) is 6.92 Å². The molecule has 0 fully saturated rings. The molecule has 0 amide bonds. The van der Waals surface area contributed by atoms with Gasteiger partial charge in [-0.25, -0.2) is 0 Å². The van der Waals surface area contributed by atoms with Crippen LogP contribution in [0.4, 0.5) is 0 Å². The molecule has 5 heteroatoms. The molecule has 0 saturated carbocycles. The Morgan fingerprint density at radius 2 is 2.36 bits per heavy atom. The minimum absolute atomic E-state index is 0.208. The van der Waals surface area contributed by atoms with Crippen LogP contribution in [0.1, 0.15) is 16.9 Å². The Labute approximate surface area is 75.6 Å². The number of aromatic nitrogens is 2. The van der Waals surface area contributed by atoms with E-state index in [0.29, 0.717) is 0 Å². The monoisotopic (exact) mass is 189 g/mol. The number of hydrogen-bond acceptors (Lipinski definition) is 5. The van der Waals surface area contributed by atoms with Gasteiger partial charge in [0, 0.05) is 5.37 Å². The summed E-state index contributed by atoms with van der Waals surface area (Å²) in [6, 6.07) is 0. The van der Waals surface area contributed by atoms with Crippen molar-refractivity contribution in [2.24, 2.45) is 0 Å². The Kier molecular flexibility index (Phi) is 3.29. The maximum absolute atomic E-state index is 4.18. The summed E-state index contributed by atoms with van der Waals surface area (Å²) in [5.41, 5.74) is 0. The van der Waals surface area contributed by atoms with Crippen LogP contribution in [0.5, 0.6) is 0 Å². The largest absolute Gasteiger partial charge is 0.299 e. The molecule has 1 rings (SSSR count). The number of nitrogens with zero attached hydrogens (tertiary/aromatic N) is 2. The molecule has 1 aromatic heterocycles. The van der Waals surface area contributed by atoms with Gasteiger partial charge in [0.25, 0.3) is 0 Å². The summed E-state index contributed by atoms with van der Waals surface area (Å²) in [6.45, 7) is 4.69. The second kappa shape index (κ2) is 4.04.